The van der Waals surface area contributed by atoms with Crippen LogP contribution in [-0.4, -0.2) is 36.8 Å². The first-order chi connectivity index (χ1) is 8.50. The van der Waals surface area contributed by atoms with E-state index in [1.54, 1.807) is 14.1 Å². The lowest BCUT2D eigenvalue weighted by Gasteiger charge is -2.09. The van der Waals surface area contributed by atoms with Crippen LogP contribution in [0.4, 0.5) is 0 Å². The smallest absolute Gasteiger partial charge is 0.346 e. The second kappa shape index (κ2) is 5.44. The van der Waals surface area contributed by atoms with Gasteiger partial charge in [0.2, 0.25) is 0 Å². The Bertz CT molecular complexity index is 506. The summed E-state index contributed by atoms with van der Waals surface area (Å²) in [4.78, 5) is 35.4. The highest BCUT2D eigenvalue weighted by Gasteiger charge is 2.30. The zero-order valence-corrected chi connectivity index (χ0v) is 10.8. The fraction of sp³-hybridized carbons (Fsp3) is 0.308. The van der Waals surface area contributed by atoms with Crippen molar-refractivity contribution >= 4 is 17.8 Å². The zero-order chi connectivity index (χ0) is 13.9. The Kier molecular flexibility index (Phi) is 4.20. The maximum Gasteiger partial charge on any atom is 0.346 e. The van der Waals surface area contributed by atoms with Gasteiger partial charge in [0.25, 0.3) is 5.91 Å². The number of carbonyl (C=O) groups is 3. The summed E-state index contributed by atoms with van der Waals surface area (Å²) in [5, 5.41) is 0. The van der Waals surface area contributed by atoms with Gasteiger partial charge in [-0.25, -0.2) is 9.59 Å². The van der Waals surface area contributed by atoms with Gasteiger partial charge in [0.15, 0.2) is 0 Å². The van der Waals surface area contributed by atoms with Crippen molar-refractivity contribution in [3.8, 4) is 0 Å². The summed E-state index contributed by atoms with van der Waals surface area (Å²) in [6.07, 6.45) is 0. The monoisotopic (exact) mass is 249 g/mol. The number of ether oxygens (including phenoxy) is 1. The Morgan fingerprint density at radius 1 is 1.06 bits per heavy atom. The van der Waals surface area contributed by atoms with Gasteiger partial charge in [0, 0.05) is 19.7 Å². The van der Waals surface area contributed by atoms with Gasteiger partial charge in [-0.2, -0.15) is 0 Å². The highest BCUT2D eigenvalue weighted by atomic mass is 16.6. The Hall–Kier alpha value is -2.17. The van der Waals surface area contributed by atoms with Crippen LogP contribution in [-0.2, 0) is 4.74 Å². The van der Waals surface area contributed by atoms with E-state index in [0.717, 1.165) is 0 Å². The van der Waals surface area contributed by atoms with Crippen LogP contribution in [0.1, 0.15) is 44.9 Å². The molecule has 1 aromatic carbocycles. The van der Waals surface area contributed by atoms with E-state index in [2.05, 4.69) is 4.74 Å². The molecule has 1 aliphatic rings. The molecule has 0 fully saturated rings. The number of hydrogen-bond acceptors (Lipinski definition) is 4. The van der Waals surface area contributed by atoms with Gasteiger partial charge in [-0.1, -0.05) is 13.8 Å². The standard InChI is InChI=1S/C11H9NO4.C2H6/c1-12(2)9(13)6-3-4-7-8(5-6)11(15)16-10(7)14;1-2/h3-5H,1-2H3;1-2H3. The van der Waals surface area contributed by atoms with Crippen LogP contribution >= 0.6 is 0 Å². The topological polar surface area (TPSA) is 63.7 Å². The van der Waals surface area contributed by atoms with E-state index in [1.165, 1.54) is 23.1 Å². The van der Waals surface area contributed by atoms with E-state index in [9.17, 15) is 14.4 Å². The van der Waals surface area contributed by atoms with Crippen molar-refractivity contribution in [3.63, 3.8) is 0 Å². The molecule has 1 aromatic rings. The summed E-state index contributed by atoms with van der Waals surface area (Å²) in [5.74, 6) is -1.59. The van der Waals surface area contributed by atoms with Crippen molar-refractivity contribution in [2.75, 3.05) is 14.1 Å². The molecule has 0 unspecified atom stereocenters. The Morgan fingerprint density at radius 2 is 1.61 bits per heavy atom. The van der Waals surface area contributed by atoms with Crippen molar-refractivity contribution < 1.29 is 19.1 Å². The molecule has 2 rings (SSSR count). The number of cyclic esters (lactones) is 2. The number of benzene rings is 1. The minimum Gasteiger partial charge on any atom is -0.386 e. The molecule has 0 bridgehead atoms. The zero-order valence-electron chi connectivity index (χ0n) is 10.8. The molecule has 5 heteroatoms. The van der Waals surface area contributed by atoms with Crippen LogP contribution in [0, 0.1) is 0 Å². The first kappa shape index (κ1) is 13.9. The number of rotatable bonds is 1. The lowest BCUT2D eigenvalue weighted by Crippen LogP contribution is -2.21. The second-order valence-electron chi connectivity index (χ2n) is 3.64. The molecule has 0 aliphatic carbocycles. The van der Waals surface area contributed by atoms with Gasteiger partial charge >= 0.3 is 11.9 Å². The average Bonchev–Trinajstić information content (AvgIpc) is 2.66. The van der Waals surface area contributed by atoms with Gasteiger partial charge in [0.1, 0.15) is 0 Å². The summed E-state index contributed by atoms with van der Waals surface area (Å²) in [6, 6.07) is 4.31. The van der Waals surface area contributed by atoms with Crippen LogP contribution < -0.4 is 0 Å². The quantitative estimate of drug-likeness (QED) is 0.561. The molecule has 0 atom stereocenters. The van der Waals surface area contributed by atoms with Crippen LogP contribution in [0.25, 0.3) is 0 Å². The fourth-order valence-electron chi connectivity index (χ4n) is 1.48. The molecule has 1 heterocycles. The molecule has 0 aromatic heterocycles. The summed E-state index contributed by atoms with van der Waals surface area (Å²) in [5.41, 5.74) is 0.716. The Morgan fingerprint density at radius 3 is 2.17 bits per heavy atom. The van der Waals surface area contributed by atoms with Crippen molar-refractivity contribution in [1.82, 2.24) is 4.90 Å². The first-order valence-electron chi connectivity index (χ1n) is 5.63. The summed E-state index contributed by atoms with van der Waals surface area (Å²) in [6.45, 7) is 4.00. The molecule has 0 N–H and O–H groups in total. The van der Waals surface area contributed by atoms with E-state index in [0.29, 0.717) is 5.56 Å². The van der Waals surface area contributed by atoms with Gasteiger partial charge in [-0.05, 0) is 18.2 Å². The van der Waals surface area contributed by atoms with Crippen molar-refractivity contribution in [1.29, 1.82) is 0 Å². The van der Waals surface area contributed by atoms with Gasteiger partial charge in [0.05, 0.1) is 11.1 Å². The predicted octanol–water partition coefficient (Wildman–Crippen LogP) is 1.73. The molecular formula is C13H15NO4. The number of esters is 2. The SMILES string of the molecule is CC.CN(C)C(=O)c1ccc2c(c1)C(=O)OC2=O. The highest BCUT2D eigenvalue weighted by molar-refractivity contribution is 6.15. The van der Waals surface area contributed by atoms with E-state index in [1.807, 2.05) is 13.8 Å². The van der Waals surface area contributed by atoms with Crippen molar-refractivity contribution in [2.45, 2.75) is 13.8 Å². The van der Waals surface area contributed by atoms with E-state index >= 15 is 0 Å². The predicted molar refractivity (Wildman–Crippen MR) is 65.6 cm³/mol. The maximum absolute atomic E-state index is 11.6. The largest absolute Gasteiger partial charge is 0.386 e. The van der Waals surface area contributed by atoms with Gasteiger partial charge in [-0.3, -0.25) is 4.79 Å². The van der Waals surface area contributed by atoms with Crippen molar-refractivity contribution in [2.24, 2.45) is 0 Å². The van der Waals surface area contributed by atoms with Crippen LogP contribution in [0.2, 0.25) is 0 Å². The van der Waals surface area contributed by atoms with E-state index in [4.69, 9.17) is 0 Å². The summed E-state index contributed by atoms with van der Waals surface area (Å²) < 4.78 is 4.42. The Balaban J connectivity index is 0.000000771. The van der Waals surface area contributed by atoms with Crippen LogP contribution in [0.15, 0.2) is 18.2 Å². The van der Waals surface area contributed by atoms with E-state index < -0.39 is 11.9 Å². The third-order valence-corrected chi connectivity index (χ3v) is 2.30. The lowest BCUT2D eigenvalue weighted by molar-refractivity contribution is 0.0443. The summed E-state index contributed by atoms with van der Waals surface area (Å²) >= 11 is 0. The third kappa shape index (κ3) is 2.40. The van der Waals surface area contributed by atoms with Gasteiger partial charge < -0.3 is 9.64 Å². The third-order valence-electron chi connectivity index (χ3n) is 2.30. The normalized spacial score (nSPS) is 12.2. The Labute approximate surface area is 105 Å². The molecule has 5 nitrogen and oxygen atoms in total. The molecule has 0 saturated carbocycles. The minimum atomic E-state index is -0.701. The molecular weight excluding hydrogens is 234 g/mol. The molecule has 96 valence electrons. The second-order valence-corrected chi connectivity index (χ2v) is 3.64. The van der Waals surface area contributed by atoms with Crippen LogP contribution in [0.5, 0.6) is 0 Å². The molecule has 0 spiro atoms. The van der Waals surface area contributed by atoms with Crippen LogP contribution in [0.3, 0.4) is 0 Å². The fourth-order valence-corrected chi connectivity index (χ4v) is 1.48. The molecule has 0 radical (unpaired) electrons. The maximum atomic E-state index is 11.6. The first-order valence-corrected chi connectivity index (χ1v) is 5.63. The average molecular weight is 249 g/mol. The lowest BCUT2D eigenvalue weighted by atomic mass is 10.1. The minimum absolute atomic E-state index is 0.151. The van der Waals surface area contributed by atoms with E-state index in [-0.39, 0.29) is 17.0 Å². The molecule has 1 aliphatic heterocycles. The number of amides is 1. The highest BCUT2D eigenvalue weighted by Crippen LogP contribution is 2.21. The number of carbonyl (C=O) groups excluding carboxylic acids is 3. The molecule has 1 amide bonds. The van der Waals surface area contributed by atoms with Gasteiger partial charge in [-0.15, -0.1) is 0 Å². The van der Waals surface area contributed by atoms with Crippen molar-refractivity contribution in [3.05, 3.63) is 34.9 Å². The number of nitrogens with zero attached hydrogens (tertiary/aromatic N) is 1. The number of hydrogen-bond donors (Lipinski definition) is 0. The molecule has 18 heavy (non-hydrogen) atoms. The molecule has 0 saturated heterocycles. The number of fused-ring (bicyclic) bond motifs is 1. The summed E-state index contributed by atoms with van der Waals surface area (Å²) in [7, 11) is 3.22.